The van der Waals surface area contributed by atoms with Crippen LogP contribution in [0.5, 0.6) is 0 Å². The second-order valence-electron chi connectivity index (χ2n) is 9.33. The summed E-state index contributed by atoms with van der Waals surface area (Å²) in [4.78, 5) is 36.0. The van der Waals surface area contributed by atoms with Gasteiger partial charge in [-0.25, -0.2) is 18.8 Å². The van der Waals surface area contributed by atoms with Gasteiger partial charge in [-0.15, -0.1) is 0 Å². The van der Waals surface area contributed by atoms with Gasteiger partial charge in [0.05, 0.1) is 30.8 Å². The van der Waals surface area contributed by atoms with Gasteiger partial charge in [0.1, 0.15) is 12.4 Å². The van der Waals surface area contributed by atoms with E-state index in [0.717, 1.165) is 13.0 Å². The molecule has 0 bridgehead atoms. The maximum Gasteiger partial charge on any atom is 0.519 e. The Labute approximate surface area is 217 Å². The number of nitrogens with zero attached hydrogens (tertiary/aromatic N) is 1. The number of aryl methyl sites for hydroxylation is 1. The van der Waals surface area contributed by atoms with Crippen LogP contribution in [0.2, 0.25) is 5.02 Å². The smallest absolute Gasteiger partial charge is 0.453 e. The van der Waals surface area contributed by atoms with Crippen LogP contribution in [-0.2, 0) is 20.9 Å². The molecule has 1 fully saturated rings. The predicted molar refractivity (Wildman–Crippen MR) is 132 cm³/mol. The number of likely N-dealkylation sites (tertiary alicyclic amines) is 1. The number of likely N-dealkylation sites (N-methyl/N-ethyl adjacent to an activating group) is 1. The summed E-state index contributed by atoms with van der Waals surface area (Å²) in [6.07, 6.45) is 0.162. The molecule has 0 spiro atoms. The zero-order valence-corrected chi connectivity index (χ0v) is 21.2. The van der Waals surface area contributed by atoms with Crippen molar-refractivity contribution in [1.29, 1.82) is 0 Å². The zero-order valence-electron chi connectivity index (χ0n) is 20.4. The topological polar surface area (TPSA) is 108 Å². The van der Waals surface area contributed by atoms with Crippen LogP contribution in [0.15, 0.2) is 56.1 Å². The summed E-state index contributed by atoms with van der Waals surface area (Å²) in [6.45, 7) is 3.07. The summed E-state index contributed by atoms with van der Waals surface area (Å²) in [6, 6.07) is 11.4. The molecule has 1 aromatic heterocycles. The number of amides is 1. The van der Waals surface area contributed by atoms with Crippen molar-refractivity contribution in [2.75, 3.05) is 38.6 Å². The molecule has 4 rings (SSSR count). The maximum atomic E-state index is 13.6. The van der Waals surface area contributed by atoms with Crippen molar-refractivity contribution in [3.05, 3.63) is 75.4 Å². The van der Waals surface area contributed by atoms with Crippen LogP contribution < -0.4 is 11.1 Å². The molecule has 37 heavy (non-hydrogen) atoms. The third-order valence-corrected chi connectivity index (χ3v) is 6.62. The van der Waals surface area contributed by atoms with Gasteiger partial charge in [-0.1, -0.05) is 35.9 Å². The highest BCUT2D eigenvalue weighted by molar-refractivity contribution is 6.31. The standard InChI is InChI=1S/C26H26ClFN2O7/c1-16-23(37-26(33)36-16)15-34-24(31)13-30(2)10-9-17(12-30)14-35-25(32)29-22-6-4-3-5-19(22)18-7-8-21(28)20(27)11-18/h3-8,11,17H,9-10,12-15H2,1-2H3/p+1/t17-,30?/m1/s1. The summed E-state index contributed by atoms with van der Waals surface area (Å²) in [5.41, 5.74) is 1.84. The minimum absolute atomic E-state index is 0.00985. The van der Waals surface area contributed by atoms with E-state index in [1.165, 1.54) is 12.1 Å². The van der Waals surface area contributed by atoms with Crippen molar-refractivity contribution in [1.82, 2.24) is 0 Å². The molecule has 1 aliphatic rings. The van der Waals surface area contributed by atoms with E-state index in [1.807, 2.05) is 7.05 Å². The van der Waals surface area contributed by atoms with E-state index in [2.05, 4.69) is 5.32 Å². The second-order valence-corrected chi connectivity index (χ2v) is 9.74. The van der Waals surface area contributed by atoms with Gasteiger partial charge in [0.25, 0.3) is 0 Å². The SMILES string of the molecule is Cc1oc(=O)oc1COC(=O)C[N+]1(C)CC[C@@H](COC(=O)Nc2ccccc2-c2ccc(F)c(Cl)c2)C1. The number of ether oxygens (including phenoxy) is 2. The van der Waals surface area contributed by atoms with Crippen molar-refractivity contribution in [3.8, 4) is 11.1 Å². The fourth-order valence-corrected chi connectivity index (χ4v) is 4.62. The van der Waals surface area contributed by atoms with Crippen molar-refractivity contribution in [3.63, 3.8) is 0 Å². The molecular formula is C26H27ClFN2O7+. The van der Waals surface area contributed by atoms with E-state index < -0.39 is 23.7 Å². The Balaban J connectivity index is 1.26. The summed E-state index contributed by atoms with van der Waals surface area (Å²) in [5, 5.41) is 2.73. The summed E-state index contributed by atoms with van der Waals surface area (Å²) in [5.74, 6) is -1.25. The fraction of sp³-hybridized carbons (Fsp3) is 0.346. The van der Waals surface area contributed by atoms with Gasteiger partial charge in [-0.2, -0.15) is 0 Å². The first-order valence-electron chi connectivity index (χ1n) is 11.7. The summed E-state index contributed by atoms with van der Waals surface area (Å²) >= 11 is 5.91. The molecule has 2 aromatic carbocycles. The number of quaternary nitrogens is 1. The molecule has 2 atom stereocenters. The molecule has 1 aliphatic heterocycles. The van der Waals surface area contributed by atoms with E-state index in [0.29, 0.717) is 27.8 Å². The Kier molecular flexibility index (Phi) is 7.99. The first-order chi connectivity index (χ1) is 17.6. The summed E-state index contributed by atoms with van der Waals surface area (Å²) in [7, 11) is 1.94. The van der Waals surface area contributed by atoms with E-state index in [4.69, 9.17) is 29.9 Å². The molecule has 0 aliphatic carbocycles. The lowest BCUT2D eigenvalue weighted by Crippen LogP contribution is -2.46. The average Bonchev–Trinajstić information content (AvgIpc) is 3.38. The minimum atomic E-state index is -0.836. The highest BCUT2D eigenvalue weighted by Gasteiger charge is 2.37. The van der Waals surface area contributed by atoms with Crippen molar-refractivity contribution in [2.45, 2.75) is 20.0 Å². The van der Waals surface area contributed by atoms with Crippen LogP contribution in [-0.4, -0.2) is 49.8 Å². The van der Waals surface area contributed by atoms with Crippen molar-refractivity contribution >= 4 is 29.4 Å². The molecular weight excluding hydrogens is 507 g/mol. The number of esters is 1. The molecule has 1 saturated heterocycles. The molecule has 0 radical (unpaired) electrons. The minimum Gasteiger partial charge on any atom is -0.453 e. The zero-order chi connectivity index (χ0) is 26.6. The Morgan fingerprint density at radius 2 is 1.97 bits per heavy atom. The lowest BCUT2D eigenvalue weighted by atomic mass is 10.0. The first kappa shape index (κ1) is 26.4. The predicted octanol–water partition coefficient (Wildman–Crippen LogP) is 4.76. The van der Waals surface area contributed by atoms with Gasteiger partial charge in [-0.3, -0.25) is 5.32 Å². The molecule has 11 heteroatoms. The Bertz CT molecular complexity index is 1350. The largest absolute Gasteiger partial charge is 0.519 e. The highest BCUT2D eigenvalue weighted by atomic mass is 35.5. The molecule has 3 aromatic rings. The van der Waals surface area contributed by atoms with Crippen molar-refractivity contribution < 1.29 is 36.8 Å². The number of benzene rings is 2. The van der Waals surface area contributed by atoms with Gasteiger partial charge in [0.15, 0.2) is 24.7 Å². The molecule has 1 unspecified atom stereocenters. The number of nitrogens with one attached hydrogen (secondary N) is 1. The average molecular weight is 534 g/mol. The lowest BCUT2D eigenvalue weighted by Gasteiger charge is -2.28. The third kappa shape index (κ3) is 6.78. The van der Waals surface area contributed by atoms with Gasteiger partial charge in [0, 0.05) is 17.9 Å². The normalized spacial score (nSPS) is 19.0. The molecule has 2 heterocycles. The summed E-state index contributed by atoms with van der Waals surface area (Å²) < 4.78 is 34.3. The van der Waals surface area contributed by atoms with E-state index in [-0.39, 0.29) is 42.2 Å². The Morgan fingerprint density at radius 1 is 1.19 bits per heavy atom. The maximum absolute atomic E-state index is 13.6. The van der Waals surface area contributed by atoms with Gasteiger partial charge in [0.2, 0.25) is 0 Å². The number of para-hydroxylation sites is 1. The molecule has 1 amide bonds. The van der Waals surface area contributed by atoms with Crippen LogP contribution in [0.1, 0.15) is 17.9 Å². The number of halogens is 2. The lowest BCUT2D eigenvalue weighted by molar-refractivity contribution is -0.892. The van der Waals surface area contributed by atoms with Crippen LogP contribution in [0.3, 0.4) is 0 Å². The van der Waals surface area contributed by atoms with Crippen molar-refractivity contribution in [2.24, 2.45) is 5.92 Å². The number of anilines is 1. The first-order valence-corrected chi connectivity index (χ1v) is 12.1. The van der Waals surface area contributed by atoms with Crippen LogP contribution in [0, 0.1) is 18.7 Å². The molecule has 196 valence electrons. The van der Waals surface area contributed by atoms with Gasteiger partial charge >= 0.3 is 17.9 Å². The van der Waals surface area contributed by atoms with Crippen LogP contribution in [0.25, 0.3) is 11.1 Å². The fourth-order valence-electron chi connectivity index (χ4n) is 4.44. The number of hydrogen-bond acceptors (Lipinski definition) is 7. The highest BCUT2D eigenvalue weighted by Crippen LogP contribution is 2.31. The van der Waals surface area contributed by atoms with E-state index in [1.54, 1.807) is 37.3 Å². The number of rotatable bonds is 8. The number of carbonyl (C=O) groups excluding carboxylic acids is 2. The van der Waals surface area contributed by atoms with Crippen LogP contribution in [0.4, 0.5) is 14.9 Å². The second kappa shape index (κ2) is 11.2. The van der Waals surface area contributed by atoms with E-state index >= 15 is 0 Å². The number of hydrogen-bond donors (Lipinski definition) is 1. The molecule has 9 nitrogen and oxygen atoms in total. The Morgan fingerprint density at radius 3 is 2.70 bits per heavy atom. The quantitative estimate of drug-likeness (QED) is 0.328. The molecule has 1 N–H and O–H groups in total. The number of carbonyl (C=O) groups is 2. The van der Waals surface area contributed by atoms with E-state index in [9.17, 15) is 18.8 Å². The third-order valence-electron chi connectivity index (χ3n) is 6.33. The Hall–Kier alpha value is -3.63. The van der Waals surface area contributed by atoms with Gasteiger partial charge < -0.3 is 22.8 Å². The monoisotopic (exact) mass is 533 g/mol. The molecule has 0 saturated carbocycles. The van der Waals surface area contributed by atoms with Gasteiger partial charge in [-0.05, 0) is 30.7 Å². The van der Waals surface area contributed by atoms with Crippen LogP contribution >= 0.6 is 11.6 Å².